The van der Waals surface area contributed by atoms with Crippen molar-refractivity contribution in [2.24, 2.45) is 0 Å². The third-order valence-corrected chi connectivity index (χ3v) is 7.07. The highest BCUT2D eigenvalue weighted by atomic mass is 32.2. The highest BCUT2D eigenvalue weighted by molar-refractivity contribution is 7.92. The minimum absolute atomic E-state index is 0.0711. The second-order valence-corrected chi connectivity index (χ2v) is 9.86. The van der Waals surface area contributed by atoms with Crippen LogP contribution in [0.3, 0.4) is 0 Å². The van der Waals surface area contributed by atoms with Gasteiger partial charge in [0, 0.05) is 5.56 Å². The van der Waals surface area contributed by atoms with Gasteiger partial charge in [0.05, 0.1) is 17.1 Å². The number of ether oxygens (including phenoxy) is 1. The van der Waals surface area contributed by atoms with Crippen LogP contribution in [0.15, 0.2) is 59.5 Å². The molecule has 0 aliphatic carbocycles. The summed E-state index contributed by atoms with van der Waals surface area (Å²) in [7, 11) is -3.86. The molecular weight excluding hydrogens is 436 g/mol. The Bertz CT molecular complexity index is 1280. The van der Waals surface area contributed by atoms with E-state index >= 15 is 0 Å². The first kappa shape index (κ1) is 24.3. The third-order valence-electron chi connectivity index (χ3n) is 5.57. The van der Waals surface area contributed by atoms with Gasteiger partial charge in [-0.2, -0.15) is 0 Å². The van der Waals surface area contributed by atoms with Gasteiger partial charge in [-0.15, -0.1) is 0 Å². The van der Waals surface area contributed by atoms with Gasteiger partial charge in [0.2, 0.25) is 0 Å². The molecule has 3 aromatic rings. The van der Waals surface area contributed by atoms with E-state index in [9.17, 15) is 13.2 Å². The van der Waals surface area contributed by atoms with Gasteiger partial charge in [0.1, 0.15) is 12.4 Å². The third kappa shape index (κ3) is 5.93. The van der Waals surface area contributed by atoms with Gasteiger partial charge in [-0.05, 0) is 81.1 Å². The molecule has 3 aromatic carbocycles. The normalized spacial score (nSPS) is 11.2. The fourth-order valence-electron chi connectivity index (χ4n) is 3.47. The molecule has 0 aliphatic rings. The number of nitrogens with one attached hydrogen (secondary N) is 2. The number of amides is 1. The molecule has 3 rings (SSSR count). The maximum Gasteiger partial charge on any atom is 0.262 e. The van der Waals surface area contributed by atoms with E-state index in [1.165, 1.54) is 6.07 Å². The lowest BCUT2D eigenvalue weighted by atomic mass is 10.1. The molecule has 0 unspecified atom stereocenters. The smallest absolute Gasteiger partial charge is 0.262 e. The van der Waals surface area contributed by atoms with Crippen LogP contribution in [0.25, 0.3) is 0 Å². The summed E-state index contributed by atoms with van der Waals surface area (Å²) >= 11 is 0. The van der Waals surface area contributed by atoms with Gasteiger partial charge in [0.15, 0.2) is 0 Å². The standard InChI is InChI=1S/C26H30N2O4S/c1-17-9-12-23(20(4)15-17)28-33(30,31)25-16-22(11-10-19(25)3)26(29)27-13-14-32-24-8-6-7-18(2)21(24)5/h6-12,15-16,28H,13-14H2,1-5H3,(H,27,29). The summed E-state index contributed by atoms with van der Waals surface area (Å²) in [4.78, 5) is 12.7. The van der Waals surface area contributed by atoms with Gasteiger partial charge in [-0.1, -0.05) is 35.9 Å². The van der Waals surface area contributed by atoms with Crippen molar-refractivity contribution in [3.05, 3.63) is 88.0 Å². The van der Waals surface area contributed by atoms with E-state index in [4.69, 9.17) is 4.74 Å². The molecule has 0 saturated heterocycles. The Morgan fingerprint density at radius 1 is 0.879 bits per heavy atom. The summed E-state index contributed by atoms with van der Waals surface area (Å²) in [5, 5.41) is 2.79. The topological polar surface area (TPSA) is 84.5 Å². The van der Waals surface area contributed by atoms with Crippen molar-refractivity contribution in [3.8, 4) is 5.75 Å². The predicted molar refractivity (Wildman–Crippen MR) is 132 cm³/mol. The zero-order chi connectivity index (χ0) is 24.2. The Morgan fingerprint density at radius 3 is 2.36 bits per heavy atom. The van der Waals surface area contributed by atoms with E-state index in [-0.39, 0.29) is 16.4 Å². The zero-order valence-corrected chi connectivity index (χ0v) is 20.5. The maximum absolute atomic E-state index is 13.0. The van der Waals surface area contributed by atoms with Crippen LogP contribution in [0.5, 0.6) is 5.75 Å². The molecule has 0 saturated carbocycles. The Kier molecular flexibility index (Phi) is 7.43. The van der Waals surface area contributed by atoms with Crippen LogP contribution < -0.4 is 14.8 Å². The minimum atomic E-state index is -3.86. The number of benzene rings is 3. The first-order valence-electron chi connectivity index (χ1n) is 10.8. The first-order chi connectivity index (χ1) is 15.6. The summed E-state index contributed by atoms with van der Waals surface area (Å²) in [6, 6.07) is 16.0. The largest absolute Gasteiger partial charge is 0.491 e. The van der Waals surface area contributed by atoms with Crippen molar-refractivity contribution in [2.75, 3.05) is 17.9 Å². The Hall–Kier alpha value is -3.32. The number of rotatable bonds is 8. The molecule has 1 amide bonds. The SMILES string of the molecule is Cc1ccc(NS(=O)(=O)c2cc(C(=O)NCCOc3cccc(C)c3C)ccc2C)c(C)c1. The molecule has 2 N–H and O–H groups in total. The van der Waals surface area contributed by atoms with Crippen molar-refractivity contribution >= 4 is 21.6 Å². The van der Waals surface area contributed by atoms with Crippen molar-refractivity contribution in [2.45, 2.75) is 39.5 Å². The quantitative estimate of drug-likeness (QED) is 0.465. The fraction of sp³-hybridized carbons (Fsp3) is 0.269. The number of anilines is 1. The Labute approximate surface area is 196 Å². The second-order valence-electron chi connectivity index (χ2n) is 8.21. The number of carbonyl (C=O) groups is 1. The summed E-state index contributed by atoms with van der Waals surface area (Å²) < 4.78 is 34.5. The Morgan fingerprint density at radius 2 is 1.64 bits per heavy atom. The summed E-state index contributed by atoms with van der Waals surface area (Å²) in [5.41, 5.74) is 5.42. The zero-order valence-electron chi connectivity index (χ0n) is 19.7. The van der Waals surface area contributed by atoms with Crippen LogP contribution in [0.4, 0.5) is 5.69 Å². The molecule has 7 heteroatoms. The average molecular weight is 467 g/mol. The number of aryl methyl sites for hydroxylation is 4. The van der Waals surface area contributed by atoms with Crippen molar-refractivity contribution in [1.82, 2.24) is 5.32 Å². The van der Waals surface area contributed by atoms with Crippen molar-refractivity contribution in [1.29, 1.82) is 0 Å². The van der Waals surface area contributed by atoms with Gasteiger partial charge in [0.25, 0.3) is 15.9 Å². The molecule has 33 heavy (non-hydrogen) atoms. The van der Waals surface area contributed by atoms with E-state index in [0.29, 0.717) is 24.4 Å². The second kappa shape index (κ2) is 10.1. The number of carbonyl (C=O) groups excluding carboxylic acids is 1. The van der Waals surface area contributed by atoms with Crippen LogP contribution in [0.1, 0.15) is 38.2 Å². The van der Waals surface area contributed by atoms with Crippen LogP contribution in [-0.4, -0.2) is 27.5 Å². The molecule has 0 aliphatic heterocycles. The highest BCUT2D eigenvalue weighted by Crippen LogP contribution is 2.24. The average Bonchev–Trinajstić information content (AvgIpc) is 2.76. The molecular formula is C26H30N2O4S. The predicted octanol–water partition coefficient (Wildman–Crippen LogP) is 4.84. The Balaban J connectivity index is 1.68. The molecule has 0 radical (unpaired) electrons. The number of hydrogen-bond donors (Lipinski definition) is 2. The van der Waals surface area contributed by atoms with Crippen LogP contribution in [0, 0.1) is 34.6 Å². The molecule has 6 nitrogen and oxygen atoms in total. The highest BCUT2D eigenvalue weighted by Gasteiger charge is 2.20. The van der Waals surface area contributed by atoms with Crippen molar-refractivity contribution in [3.63, 3.8) is 0 Å². The summed E-state index contributed by atoms with van der Waals surface area (Å²) in [6.45, 7) is 10.1. The maximum atomic E-state index is 13.0. The van der Waals surface area contributed by atoms with Crippen LogP contribution in [0.2, 0.25) is 0 Å². The first-order valence-corrected chi connectivity index (χ1v) is 12.2. The minimum Gasteiger partial charge on any atom is -0.491 e. The lowest BCUT2D eigenvalue weighted by Crippen LogP contribution is -2.28. The van der Waals surface area contributed by atoms with Crippen LogP contribution in [-0.2, 0) is 10.0 Å². The van der Waals surface area contributed by atoms with Gasteiger partial charge >= 0.3 is 0 Å². The van der Waals surface area contributed by atoms with E-state index < -0.39 is 10.0 Å². The molecule has 0 bridgehead atoms. The molecule has 174 valence electrons. The fourth-order valence-corrected chi connectivity index (χ4v) is 4.87. The molecule has 0 atom stereocenters. The lowest BCUT2D eigenvalue weighted by Gasteiger charge is -2.14. The summed E-state index contributed by atoms with van der Waals surface area (Å²) in [6.07, 6.45) is 0. The van der Waals surface area contributed by atoms with E-state index in [2.05, 4.69) is 10.0 Å². The number of sulfonamides is 1. The molecule has 0 fully saturated rings. The number of hydrogen-bond acceptors (Lipinski definition) is 4. The monoisotopic (exact) mass is 466 g/mol. The lowest BCUT2D eigenvalue weighted by molar-refractivity contribution is 0.0946. The molecule has 0 aromatic heterocycles. The molecule has 0 heterocycles. The van der Waals surface area contributed by atoms with Crippen molar-refractivity contribution < 1.29 is 17.9 Å². The van der Waals surface area contributed by atoms with Gasteiger partial charge in [-0.3, -0.25) is 9.52 Å². The van der Waals surface area contributed by atoms with Crippen LogP contribution >= 0.6 is 0 Å². The van der Waals surface area contributed by atoms with Gasteiger partial charge in [-0.25, -0.2) is 8.42 Å². The summed E-state index contributed by atoms with van der Waals surface area (Å²) in [5.74, 6) is 0.424. The molecule has 0 spiro atoms. The van der Waals surface area contributed by atoms with E-state index in [1.807, 2.05) is 58.0 Å². The van der Waals surface area contributed by atoms with E-state index in [1.54, 1.807) is 25.1 Å². The van der Waals surface area contributed by atoms with Gasteiger partial charge < -0.3 is 10.1 Å². The van der Waals surface area contributed by atoms with E-state index in [0.717, 1.165) is 28.0 Å².